The Morgan fingerprint density at radius 3 is 2.60 bits per heavy atom. The van der Waals surface area contributed by atoms with Crippen molar-refractivity contribution in [2.45, 2.75) is 38.8 Å². The second-order valence-electron chi connectivity index (χ2n) is 4.84. The lowest BCUT2D eigenvalue weighted by molar-refractivity contribution is 0.0937. The summed E-state index contributed by atoms with van der Waals surface area (Å²) in [4.78, 5) is 11.9. The molecule has 0 aromatic heterocycles. The van der Waals surface area contributed by atoms with Crippen molar-refractivity contribution in [1.29, 1.82) is 0 Å². The van der Waals surface area contributed by atoms with E-state index in [0.717, 1.165) is 18.6 Å². The molecule has 0 saturated carbocycles. The van der Waals surface area contributed by atoms with Crippen LogP contribution >= 0.6 is 0 Å². The molecule has 1 aromatic rings. The number of benzene rings is 1. The van der Waals surface area contributed by atoms with Gasteiger partial charge >= 0.3 is 0 Å². The van der Waals surface area contributed by atoms with E-state index in [-0.39, 0.29) is 12.5 Å². The molecule has 2 atom stereocenters. The van der Waals surface area contributed by atoms with Crippen LogP contribution in [0.25, 0.3) is 0 Å². The van der Waals surface area contributed by atoms with Gasteiger partial charge in [-0.15, -0.1) is 0 Å². The van der Waals surface area contributed by atoms with Crippen LogP contribution in [0.1, 0.15) is 37.0 Å². The molecular weight excluding hydrogens is 256 g/mol. The minimum Gasteiger partial charge on any atom is -0.494 e. The minimum atomic E-state index is -0.648. The monoisotopic (exact) mass is 280 g/mol. The van der Waals surface area contributed by atoms with E-state index < -0.39 is 12.1 Å². The van der Waals surface area contributed by atoms with Crippen molar-refractivity contribution in [1.82, 2.24) is 5.32 Å². The van der Waals surface area contributed by atoms with Gasteiger partial charge < -0.3 is 20.9 Å². The molecule has 0 bridgehead atoms. The van der Waals surface area contributed by atoms with Gasteiger partial charge in [0, 0.05) is 18.2 Å². The van der Waals surface area contributed by atoms with Crippen molar-refractivity contribution in [2.24, 2.45) is 5.73 Å². The van der Waals surface area contributed by atoms with E-state index in [1.807, 2.05) is 0 Å². The first-order valence-electron chi connectivity index (χ1n) is 6.99. The number of carbonyl (C=O) groups is 1. The maximum atomic E-state index is 11.9. The van der Waals surface area contributed by atoms with E-state index in [1.165, 1.54) is 0 Å². The molecule has 0 spiro atoms. The molecule has 1 aromatic carbocycles. The first-order valence-corrected chi connectivity index (χ1v) is 6.99. The van der Waals surface area contributed by atoms with Gasteiger partial charge in [0.15, 0.2) is 0 Å². The zero-order valence-corrected chi connectivity index (χ0v) is 12.1. The van der Waals surface area contributed by atoms with Gasteiger partial charge in [-0.25, -0.2) is 0 Å². The van der Waals surface area contributed by atoms with Gasteiger partial charge in [0.1, 0.15) is 5.75 Å². The highest BCUT2D eigenvalue weighted by molar-refractivity contribution is 5.94. The summed E-state index contributed by atoms with van der Waals surface area (Å²) in [5, 5.41) is 11.9. The molecule has 112 valence electrons. The predicted octanol–water partition coefficient (Wildman–Crippen LogP) is 1.30. The molecule has 0 aliphatic heterocycles. The summed E-state index contributed by atoms with van der Waals surface area (Å²) in [5.74, 6) is 0.553. The number of nitrogens with one attached hydrogen (secondary N) is 1. The number of carbonyl (C=O) groups excluding carboxylic acids is 1. The van der Waals surface area contributed by atoms with Crippen molar-refractivity contribution in [3.63, 3.8) is 0 Å². The van der Waals surface area contributed by atoms with Crippen LogP contribution < -0.4 is 15.8 Å². The van der Waals surface area contributed by atoms with Crippen molar-refractivity contribution in [3.05, 3.63) is 29.8 Å². The molecular formula is C15H24N2O3. The third-order valence-electron chi connectivity index (χ3n) is 3.00. The number of nitrogens with two attached hydrogens (primary N) is 1. The largest absolute Gasteiger partial charge is 0.494 e. The van der Waals surface area contributed by atoms with E-state index in [9.17, 15) is 9.90 Å². The van der Waals surface area contributed by atoms with Gasteiger partial charge in [-0.2, -0.15) is 0 Å². The van der Waals surface area contributed by atoms with Gasteiger partial charge in [0.05, 0.1) is 12.7 Å². The van der Waals surface area contributed by atoms with Crippen LogP contribution in [0.3, 0.4) is 0 Å². The molecule has 0 heterocycles. The zero-order valence-electron chi connectivity index (χ0n) is 12.1. The fraction of sp³-hybridized carbons (Fsp3) is 0.533. The van der Waals surface area contributed by atoms with Gasteiger partial charge in [-0.3, -0.25) is 4.79 Å². The summed E-state index contributed by atoms with van der Waals surface area (Å²) in [6.45, 7) is 4.63. The van der Waals surface area contributed by atoms with Crippen molar-refractivity contribution < 1.29 is 14.6 Å². The van der Waals surface area contributed by atoms with Crippen LogP contribution in [-0.2, 0) is 0 Å². The highest BCUT2D eigenvalue weighted by Gasteiger charge is 2.11. The summed E-state index contributed by atoms with van der Waals surface area (Å²) in [6, 6.07) is 6.52. The van der Waals surface area contributed by atoms with E-state index in [2.05, 4.69) is 12.2 Å². The number of amides is 1. The SMILES string of the molecule is CCCCOc1ccc(C(=O)NCC(N)C(C)O)cc1. The number of aliphatic hydroxyl groups excluding tert-OH is 1. The number of ether oxygens (including phenoxy) is 1. The fourth-order valence-corrected chi connectivity index (χ4v) is 1.52. The van der Waals surface area contributed by atoms with E-state index in [0.29, 0.717) is 12.2 Å². The molecule has 20 heavy (non-hydrogen) atoms. The van der Waals surface area contributed by atoms with E-state index >= 15 is 0 Å². The fourth-order valence-electron chi connectivity index (χ4n) is 1.52. The number of unbranched alkanes of at least 4 members (excludes halogenated alkanes) is 1. The lowest BCUT2D eigenvalue weighted by Gasteiger charge is -2.15. The quantitative estimate of drug-likeness (QED) is 0.627. The van der Waals surface area contributed by atoms with Crippen LogP contribution in [0.15, 0.2) is 24.3 Å². The van der Waals surface area contributed by atoms with Crippen LogP contribution in [-0.4, -0.2) is 36.3 Å². The van der Waals surface area contributed by atoms with E-state index in [1.54, 1.807) is 31.2 Å². The van der Waals surface area contributed by atoms with Crippen LogP contribution in [0.2, 0.25) is 0 Å². The Balaban J connectivity index is 2.45. The zero-order chi connectivity index (χ0) is 15.0. The molecule has 2 unspecified atom stereocenters. The molecule has 4 N–H and O–H groups in total. The van der Waals surface area contributed by atoms with Crippen molar-refractivity contribution in [2.75, 3.05) is 13.2 Å². The molecule has 5 nitrogen and oxygen atoms in total. The maximum absolute atomic E-state index is 11.9. The maximum Gasteiger partial charge on any atom is 0.251 e. The summed E-state index contributed by atoms with van der Waals surface area (Å²) in [7, 11) is 0. The van der Waals surface area contributed by atoms with Crippen LogP contribution in [0.4, 0.5) is 0 Å². The molecule has 0 aliphatic carbocycles. The number of rotatable bonds is 8. The van der Waals surface area contributed by atoms with Crippen molar-refractivity contribution >= 4 is 5.91 Å². The Kier molecular flexibility index (Phi) is 7.04. The summed E-state index contributed by atoms with van der Waals surface area (Å²) >= 11 is 0. The Labute approximate surface area is 120 Å². The topological polar surface area (TPSA) is 84.6 Å². The molecule has 0 radical (unpaired) electrons. The molecule has 0 aliphatic rings. The first kappa shape index (κ1) is 16.5. The Morgan fingerprint density at radius 2 is 2.05 bits per heavy atom. The molecule has 1 amide bonds. The lowest BCUT2D eigenvalue weighted by Crippen LogP contribution is -2.43. The Bertz CT molecular complexity index is 404. The summed E-state index contributed by atoms with van der Waals surface area (Å²) in [5.41, 5.74) is 6.20. The normalized spacial score (nSPS) is 13.6. The van der Waals surface area contributed by atoms with Crippen molar-refractivity contribution in [3.8, 4) is 5.75 Å². The number of hydrogen-bond acceptors (Lipinski definition) is 4. The van der Waals surface area contributed by atoms with Gasteiger partial charge in [0.25, 0.3) is 5.91 Å². The second-order valence-corrected chi connectivity index (χ2v) is 4.84. The highest BCUT2D eigenvalue weighted by Crippen LogP contribution is 2.12. The van der Waals surface area contributed by atoms with Crippen LogP contribution in [0.5, 0.6) is 5.75 Å². The third-order valence-corrected chi connectivity index (χ3v) is 3.00. The van der Waals surface area contributed by atoms with Gasteiger partial charge in [-0.1, -0.05) is 13.3 Å². The minimum absolute atomic E-state index is 0.207. The second kappa shape index (κ2) is 8.55. The average Bonchev–Trinajstić information content (AvgIpc) is 2.45. The predicted molar refractivity (Wildman–Crippen MR) is 78.8 cm³/mol. The molecule has 0 fully saturated rings. The smallest absolute Gasteiger partial charge is 0.251 e. The Morgan fingerprint density at radius 1 is 1.40 bits per heavy atom. The van der Waals surface area contributed by atoms with E-state index in [4.69, 9.17) is 10.5 Å². The van der Waals surface area contributed by atoms with Crippen LogP contribution in [0, 0.1) is 0 Å². The standard InChI is InChI=1S/C15H24N2O3/c1-3-4-9-20-13-7-5-12(6-8-13)15(19)17-10-14(16)11(2)18/h5-8,11,14,18H,3-4,9-10,16H2,1-2H3,(H,17,19). The first-order chi connectivity index (χ1) is 9.54. The van der Waals surface area contributed by atoms with Gasteiger partial charge in [-0.05, 0) is 37.6 Å². The molecule has 5 heteroatoms. The average molecular weight is 280 g/mol. The molecule has 1 rings (SSSR count). The summed E-state index contributed by atoms with van der Waals surface area (Å²) in [6.07, 6.45) is 1.45. The summed E-state index contributed by atoms with van der Waals surface area (Å²) < 4.78 is 5.53. The third kappa shape index (κ3) is 5.59. The lowest BCUT2D eigenvalue weighted by atomic mass is 10.1. The Hall–Kier alpha value is -1.59. The number of aliphatic hydroxyl groups is 1. The molecule has 0 saturated heterocycles. The van der Waals surface area contributed by atoms with Gasteiger partial charge in [0.2, 0.25) is 0 Å². The highest BCUT2D eigenvalue weighted by atomic mass is 16.5. The number of hydrogen-bond donors (Lipinski definition) is 3.